The molecule has 1 fully saturated rings. The number of aliphatic hydroxyl groups is 4. The van der Waals surface area contributed by atoms with Crippen molar-refractivity contribution in [3.8, 4) is 11.5 Å². The third-order valence-electron chi connectivity index (χ3n) is 3.66. The Morgan fingerprint density at radius 1 is 1.14 bits per heavy atom. The molecule has 0 aliphatic carbocycles. The number of rotatable bonds is 3. The van der Waals surface area contributed by atoms with Gasteiger partial charge in [-0.2, -0.15) is 0 Å². The largest absolute Gasteiger partial charge is 0.454 e. The van der Waals surface area contributed by atoms with Gasteiger partial charge in [0.25, 0.3) is 0 Å². The number of aliphatic hydroxyl groups excluding tert-OH is 4. The minimum Gasteiger partial charge on any atom is -0.454 e. The molecule has 0 radical (unpaired) electrons. The number of hydrogen-bond acceptors (Lipinski definition) is 8. The van der Waals surface area contributed by atoms with E-state index in [1.54, 1.807) is 18.2 Å². The molecular weight excluding hydrogens is 294 g/mol. The van der Waals surface area contributed by atoms with Gasteiger partial charge in [0.15, 0.2) is 17.8 Å². The highest BCUT2D eigenvalue weighted by molar-refractivity contribution is 5.81. The van der Waals surface area contributed by atoms with Gasteiger partial charge in [-0.25, -0.2) is 0 Å². The van der Waals surface area contributed by atoms with Gasteiger partial charge >= 0.3 is 0 Å². The van der Waals surface area contributed by atoms with Crippen LogP contribution in [0.4, 0.5) is 0 Å². The topological polar surface area (TPSA) is 121 Å². The van der Waals surface area contributed by atoms with E-state index in [-0.39, 0.29) is 6.79 Å². The molecule has 2 aliphatic rings. The van der Waals surface area contributed by atoms with Crippen LogP contribution in [-0.4, -0.2) is 70.7 Å². The van der Waals surface area contributed by atoms with Crippen LogP contribution in [0.3, 0.4) is 0 Å². The van der Waals surface area contributed by atoms with Gasteiger partial charge in [0.05, 0.1) is 6.61 Å². The molecular formula is C14H17NO7. The van der Waals surface area contributed by atoms with Crippen LogP contribution in [0.1, 0.15) is 5.56 Å². The molecule has 2 aliphatic heterocycles. The van der Waals surface area contributed by atoms with E-state index >= 15 is 0 Å². The lowest BCUT2D eigenvalue weighted by Crippen LogP contribution is -2.57. The van der Waals surface area contributed by atoms with Crippen LogP contribution < -0.4 is 9.47 Å². The fourth-order valence-corrected chi connectivity index (χ4v) is 2.41. The van der Waals surface area contributed by atoms with Gasteiger partial charge in [0.1, 0.15) is 24.4 Å². The average molecular weight is 311 g/mol. The Balaban J connectivity index is 1.74. The minimum atomic E-state index is -1.42. The van der Waals surface area contributed by atoms with Gasteiger partial charge in [0.2, 0.25) is 6.79 Å². The van der Waals surface area contributed by atoms with Gasteiger partial charge in [-0.3, -0.25) is 4.99 Å². The van der Waals surface area contributed by atoms with Crippen molar-refractivity contribution in [2.24, 2.45) is 4.99 Å². The first kappa shape index (κ1) is 15.2. The highest BCUT2D eigenvalue weighted by Gasteiger charge is 2.43. The number of nitrogens with zero attached hydrogens (tertiary/aromatic N) is 1. The summed E-state index contributed by atoms with van der Waals surface area (Å²) in [6.45, 7) is -0.341. The quantitative estimate of drug-likeness (QED) is 0.508. The maximum atomic E-state index is 9.98. The van der Waals surface area contributed by atoms with Gasteiger partial charge in [-0.15, -0.1) is 0 Å². The molecule has 0 aromatic heterocycles. The van der Waals surface area contributed by atoms with Gasteiger partial charge in [0, 0.05) is 6.21 Å². The van der Waals surface area contributed by atoms with Crippen molar-refractivity contribution >= 4 is 6.21 Å². The molecule has 8 heteroatoms. The molecule has 1 aromatic carbocycles. The van der Waals surface area contributed by atoms with E-state index in [9.17, 15) is 15.3 Å². The standard InChI is InChI=1S/C14H17NO7/c16-5-10-12(17)13(18)11(14(19)22-10)15-4-7-1-2-8-9(3-7)21-6-20-8/h1-4,10-14,16-19H,5-6H2/t10-,11+,12+,13-,14-/m0/s1. The Morgan fingerprint density at radius 2 is 1.91 bits per heavy atom. The summed E-state index contributed by atoms with van der Waals surface area (Å²) in [4.78, 5) is 4.07. The first-order valence-electron chi connectivity index (χ1n) is 6.83. The summed E-state index contributed by atoms with van der Waals surface area (Å²) >= 11 is 0. The zero-order valence-electron chi connectivity index (χ0n) is 11.6. The molecule has 0 saturated carbocycles. The SMILES string of the molecule is OC[C@@H]1O[C@H](O)[C@H](N=Cc2ccc3c(c2)OCO3)[C@H](O)[C@@H]1O. The van der Waals surface area contributed by atoms with Crippen molar-refractivity contribution in [3.05, 3.63) is 23.8 Å². The molecule has 0 amide bonds. The van der Waals surface area contributed by atoms with Crippen LogP contribution in [0.5, 0.6) is 11.5 Å². The van der Waals surface area contributed by atoms with Crippen LogP contribution in [0.2, 0.25) is 0 Å². The molecule has 22 heavy (non-hydrogen) atoms. The molecule has 5 atom stereocenters. The summed E-state index contributed by atoms with van der Waals surface area (Å²) < 4.78 is 15.5. The monoisotopic (exact) mass is 311 g/mol. The van der Waals surface area contributed by atoms with E-state index < -0.39 is 37.3 Å². The third-order valence-corrected chi connectivity index (χ3v) is 3.66. The van der Waals surface area contributed by atoms with Crippen molar-refractivity contribution in [2.75, 3.05) is 13.4 Å². The third kappa shape index (κ3) is 2.79. The molecule has 3 rings (SSSR count). The highest BCUT2D eigenvalue weighted by Crippen LogP contribution is 2.32. The Hall–Kier alpha value is -1.71. The van der Waals surface area contributed by atoms with E-state index in [0.717, 1.165) is 0 Å². The lowest BCUT2D eigenvalue weighted by molar-refractivity contribution is -0.248. The highest BCUT2D eigenvalue weighted by atomic mass is 16.7. The predicted molar refractivity (Wildman–Crippen MR) is 73.9 cm³/mol. The first-order chi connectivity index (χ1) is 10.6. The van der Waals surface area contributed by atoms with Crippen molar-refractivity contribution < 1.29 is 34.6 Å². The van der Waals surface area contributed by atoms with Crippen LogP contribution in [0, 0.1) is 0 Å². The zero-order chi connectivity index (χ0) is 15.7. The number of aliphatic imine (C=N–C) groups is 1. The summed E-state index contributed by atoms with van der Waals surface area (Å²) in [5, 5.41) is 38.6. The van der Waals surface area contributed by atoms with Crippen LogP contribution in [0.25, 0.3) is 0 Å². The maximum absolute atomic E-state index is 9.98. The molecule has 4 N–H and O–H groups in total. The second kappa shape index (κ2) is 6.19. The Morgan fingerprint density at radius 3 is 2.68 bits per heavy atom. The zero-order valence-corrected chi connectivity index (χ0v) is 11.6. The van der Waals surface area contributed by atoms with Gasteiger partial charge < -0.3 is 34.6 Å². The number of hydrogen-bond donors (Lipinski definition) is 4. The molecule has 0 bridgehead atoms. The lowest BCUT2D eigenvalue weighted by atomic mass is 9.97. The van der Waals surface area contributed by atoms with Gasteiger partial charge in [-0.05, 0) is 23.8 Å². The molecule has 8 nitrogen and oxygen atoms in total. The summed E-state index contributed by atoms with van der Waals surface area (Å²) in [6.07, 6.45) is -3.68. The van der Waals surface area contributed by atoms with Crippen LogP contribution >= 0.6 is 0 Å². The Labute approximate surface area is 126 Å². The molecule has 0 unspecified atom stereocenters. The second-order valence-corrected chi connectivity index (χ2v) is 5.11. The van der Waals surface area contributed by atoms with Crippen molar-refractivity contribution in [1.29, 1.82) is 0 Å². The number of fused-ring (bicyclic) bond motifs is 1. The summed E-state index contributed by atoms with van der Waals surface area (Å²) in [7, 11) is 0. The Bertz CT molecular complexity index is 564. The summed E-state index contributed by atoms with van der Waals surface area (Å²) in [5.41, 5.74) is 0.683. The van der Waals surface area contributed by atoms with Crippen molar-refractivity contribution in [3.63, 3.8) is 0 Å². The summed E-state index contributed by atoms with van der Waals surface area (Å²) in [5.74, 6) is 1.23. The van der Waals surface area contributed by atoms with Crippen LogP contribution in [-0.2, 0) is 4.74 Å². The minimum absolute atomic E-state index is 0.165. The molecule has 2 heterocycles. The number of ether oxygens (including phenoxy) is 3. The molecule has 1 aromatic rings. The van der Waals surface area contributed by atoms with E-state index in [1.165, 1.54) is 6.21 Å². The van der Waals surface area contributed by atoms with Crippen LogP contribution in [0.15, 0.2) is 23.2 Å². The molecule has 0 spiro atoms. The van der Waals surface area contributed by atoms with E-state index in [4.69, 9.17) is 19.3 Å². The Kier molecular flexibility index (Phi) is 4.27. The average Bonchev–Trinajstić information content (AvgIpc) is 2.98. The fraction of sp³-hybridized carbons (Fsp3) is 0.500. The first-order valence-corrected chi connectivity index (χ1v) is 6.83. The van der Waals surface area contributed by atoms with Crippen molar-refractivity contribution in [2.45, 2.75) is 30.6 Å². The normalized spacial score (nSPS) is 34.3. The maximum Gasteiger partial charge on any atom is 0.231 e. The second-order valence-electron chi connectivity index (χ2n) is 5.11. The smallest absolute Gasteiger partial charge is 0.231 e. The number of benzene rings is 1. The fourth-order valence-electron chi connectivity index (χ4n) is 2.41. The van der Waals surface area contributed by atoms with E-state index in [2.05, 4.69) is 4.99 Å². The van der Waals surface area contributed by atoms with E-state index in [0.29, 0.717) is 17.1 Å². The molecule has 1 saturated heterocycles. The molecule has 120 valence electrons. The summed E-state index contributed by atoms with van der Waals surface area (Å²) in [6, 6.07) is 4.13. The lowest BCUT2D eigenvalue weighted by Gasteiger charge is -2.38. The van der Waals surface area contributed by atoms with Crippen molar-refractivity contribution in [1.82, 2.24) is 0 Å². The van der Waals surface area contributed by atoms with E-state index in [1.807, 2.05) is 0 Å². The van der Waals surface area contributed by atoms with Gasteiger partial charge in [-0.1, -0.05) is 0 Å². The predicted octanol–water partition coefficient (Wildman–Crippen LogP) is -1.37.